The third-order valence-electron chi connectivity index (χ3n) is 6.86. The van der Waals surface area contributed by atoms with Gasteiger partial charge in [0.05, 0.1) is 21.7 Å². The highest BCUT2D eigenvalue weighted by atomic mass is 32.2. The molecule has 0 saturated carbocycles. The molecule has 1 atom stereocenters. The number of aryl methyl sites for hydroxylation is 1. The molecule has 5 rings (SSSR count). The molecule has 1 amide bonds. The van der Waals surface area contributed by atoms with Crippen LogP contribution >= 0.6 is 11.3 Å². The molecule has 6 nitrogen and oxygen atoms in total. The van der Waals surface area contributed by atoms with E-state index in [9.17, 15) is 13.2 Å². The molecule has 1 aliphatic rings. The van der Waals surface area contributed by atoms with Crippen molar-refractivity contribution in [2.24, 2.45) is 0 Å². The lowest BCUT2D eigenvalue weighted by Gasteiger charge is -2.28. The summed E-state index contributed by atoms with van der Waals surface area (Å²) in [6.45, 7) is 6.83. The maximum atomic E-state index is 14.2. The lowest BCUT2D eigenvalue weighted by molar-refractivity contribution is -0.121. The highest BCUT2D eigenvalue weighted by molar-refractivity contribution is 7.89. The number of fused-ring (bicyclic) bond motifs is 1. The molecule has 0 N–H and O–H groups in total. The Labute approximate surface area is 222 Å². The summed E-state index contributed by atoms with van der Waals surface area (Å²) in [6, 6.07) is 21.9. The van der Waals surface area contributed by atoms with Crippen molar-refractivity contribution >= 4 is 42.6 Å². The van der Waals surface area contributed by atoms with Gasteiger partial charge >= 0.3 is 0 Å². The second-order valence-electron chi connectivity index (χ2n) is 9.84. The molecule has 0 spiro atoms. The number of sulfonamides is 1. The molecule has 2 heterocycles. The molecule has 1 aromatic heterocycles. The summed E-state index contributed by atoms with van der Waals surface area (Å²) in [7, 11) is -3.81. The number of anilines is 1. The van der Waals surface area contributed by atoms with Crippen LogP contribution in [-0.2, 0) is 21.4 Å². The van der Waals surface area contributed by atoms with Crippen LogP contribution < -0.4 is 4.90 Å². The van der Waals surface area contributed by atoms with Crippen molar-refractivity contribution in [2.45, 2.75) is 57.0 Å². The largest absolute Gasteiger partial charge is 0.282 e. The molecule has 0 radical (unpaired) electrons. The van der Waals surface area contributed by atoms with Crippen molar-refractivity contribution in [1.82, 2.24) is 9.29 Å². The summed E-state index contributed by atoms with van der Waals surface area (Å²) in [4.78, 5) is 21.0. The van der Waals surface area contributed by atoms with E-state index < -0.39 is 16.1 Å². The quantitative estimate of drug-likeness (QED) is 0.287. The molecule has 1 aliphatic heterocycles. The van der Waals surface area contributed by atoms with Crippen LogP contribution in [0, 0.1) is 6.92 Å². The Bertz CT molecular complexity index is 1510. The van der Waals surface area contributed by atoms with Crippen LogP contribution in [0.15, 0.2) is 77.7 Å². The molecule has 0 bridgehead atoms. The molecule has 0 aliphatic carbocycles. The SMILES string of the molecule is Cc1ccc(S(=O)(=O)N2CCCC2C(=O)N(Cc2ccccc2)c2nc3c(C(C)C)cccc3s2)cc1. The van der Waals surface area contributed by atoms with Crippen molar-refractivity contribution in [2.75, 3.05) is 11.4 Å². The maximum absolute atomic E-state index is 14.2. The third kappa shape index (κ3) is 5.06. The molecule has 1 unspecified atom stereocenters. The van der Waals surface area contributed by atoms with Gasteiger partial charge in [0, 0.05) is 6.54 Å². The number of nitrogens with zero attached hydrogens (tertiary/aromatic N) is 3. The number of hydrogen-bond acceptors (Lipinski definition) is 5. The van der Waals surface area contributed by atoms with Crippen molar-refractivity contribution in [3.05, 3.63) is 89.5 Å². The van der Waals surface area contributed by atoms with Crippen LogP contribution in [0.3, 0.4) is 0 Å². The topological polar surface area (TPSA) is 70.6 Å². The van der Waals surface area contributed by atoms with Gasteiger partial charge in [0.25, 0.3) is 0 Å². The molecule has 192 valence electrons. The van der Waals surface area contributed by atoms with E-state index in [1.165, 1.54) is 15.6 Å². The number of aromatic nitrogens is 1. The molecule has 3 aromatic carbocycles. The van der Waals surface area contributed by atoms with E-state index in [0.29, 0.717) is 37.0 Å². The van der Waals surface area contributed by atoms with Crippen molar-refractivity contribution in [1.29, 1.82) is 0 Å². The summed E-state index contributed by atoms with van der Waals surface area (Å²) < 4.78 is 29.6. The molecule has 8 heteroatoms. The molecule has 1 fully saturated rings. The zero-order valence-corrected chi connectivity index (χ0v) is 22.9. The number of para-hydroxylation sites is 1. The lowest BCUT2D eigenvalue weighted by Crippen LogP contribution is -2.47. The predicted octanol–water partition coefficient (Wildman–Crippen LogP) is 6.11. The van der Waals surface area contributed by atoms with E-state index in [4.69, 9.17) is 4.98 Å². The number of thiazole rings is 1. The predicted molar refractivity (Wildman–Crippen MR) is 149 cm³/mol. The summed E-state index contributed by atoms with van der Waals surface area (Å²) in [5.41, 5.74) is 3.99. The van der Waals surface area contributed by atoms with E-state index >= 15 is 0 Å². The maximum Gasteiger partial charge on any atom is 0.247 e. The van der Waals surface area contributed by atoms with Crippen LogP contribution in [0.2, 0.25) is 0 Å². The van der Waals surface area contributed by atoms with Crippen molar-refractivity contribution in [3.8, 4) is 0 Å². The molecule has 1 saturated heterocycles. The van der Waals surface area contributed by atoms with E-state index in [1.54, 1.807) is 29.2 Å². The summed E-state index contributed by atoms with van der Waals surface area (Å²) >= 11 is 1.48. The Morgan fingerprint density at radius 3 is 2.49 bits per heavy atom. The van der Waals surface area contributed by atoms with Gasteiger partial charge in [-0.15, -0.1) is 0 Å². The monoisotopic (exact) mass is 533 g/mol. The van der Waals surface area contributed by atoms with E-state index in [-0.39, 0.29) is 10.8 Å². The molecule has 37 heavy (non-hydrogen) atoms. The number of rotatable bonds is 7. The number of amides is 1. The molecule has 4 aromatic rings. The van der Waals surface area contributed by atoms with Gasteiger partial charge in [0.2, 0.25) is 15.9 Å². The van der Waals surface area contributed by atoms with Gasteiger partial charge in [-0.2, -0.15) is 4.31 Å². The van der Waals surface area contributed by atoms with Crippen molar-refractivity contribution < 1.29 is 13.2 Å². The summed E-state index contributed by atoms with van der Waals surface area (Å²) in [5, 5.41) is 0.594. The standard InChI is InChI=1S/C29H31N3O3S2/c1-20(2)24-11-7-13-26-27(24)30-29(36-26)31(19-22-9-5-4-6-10-22)28(33)25-12-8-18-32(25)37(34,35)23-16-14-21(3)15-17-23/h4-7,9-11,13-17,20,25H,8,12,18-19H2,1-3H3. The average molecular weight is 534 g/mol. The normalized spacial score (nSPS) is 16.5. The minimum Gasteiger partial charge on any atom is -0.282 e. The first-order valence-electron chi connectivity index (χ1n) is 12.6. The highest BCUT2D eigenvalue weighted by Crippen LogP contribution is 2.36. The number of hydrogen-bond donors (Lipinski definition) is 0. The van der Waals surface area contributed by atoms with Crippen LogP contribution in [0.4, 0.5) is 5.13 Å². The minimum absolute atomic E-state index is 0.217. The zero-order valence-electron chi connectivity index (χ0n) is 21.3. The first-order valence-corrected chi connectivity index (χ1v) is 14.8. The summed E-state index contributed by atoms with van der Waals surface area (Å²) in [5.74, 6) is 0.0593. The Kier molecular flexibility index (Phi) is 7.16. The first-order chi connectivity index (χ1) is 17.8. The fourth-order valence-electron chi connectivity index (χ4n) is 4.85. The van der Waals surface area contributed by atoms with Gasteiger partial charge in [-0.25, -0.2) is 13.4 Å². The summed E-state index contributed by atoms with van der Waals surface area (Å²) in [6.07, 6.45) is 1.12. The first kappa shape index (κ1) is 25.6. The fourth-order valence-corrected chi connectivity index (χ4v) is 7.50. The van der Waals surface area contributed by atoms with E-state index in [1.807, 2.05) is 49.4 Å². The van der Waals surface area contributed by atoms with Crippen LogP contribution in [0.5, 0.6) is 0 Å². The zero-order chi connectivity index (χ0) is 26.2. The van der Waals surface area contributed by atoms with Gasteiger partial charge in [0.1, 0.15) is 6.04 Å². The van der Waals surface area contributed by atoms with Crippen LogP contribution in [0.1, 0.15) is 49.3 Å². The average Bonchev–Trinajstić information content (AvgIpc) is 3.55. The second-order valence-corrected chi connectivity index (χ2v) is 12.7. The van der Waals surface area contributed by atoms with Gasteiger partial charge in [-0.3, -0.25) is 9.69 Å². The Morgan fingerprint density at radius 1 is 1.05 bits per heavy atom. The van der Waals surface area contributed by atoms with Crippen molar-refractivity contribution in [3.63, 3.8) is 0 Å². The second kappa shape index (κ2) is 10.4. The number of benzene rings is 3. The fraction of sp³-hybridized carbons (Fsp3) is 0.310. The minimum atomic E-state index is -3.81. The Hall–Kier alpha value is -3.07. The smallest absolute Gasteiger partial charge is 0.247 e. The van der Waals surface area contributed by atoms with Crippen LogP contribution in [0.25, 0.3) is 10.2 Å². The van der Waals surface area contributed by atoms with Gasteiger partial charge in [0.15, 0.2) is 5.13 Å². The highest BCUT2D eigenvalue weighted by Gasteiger charge is 2.42. The Balaban J connectivity index is 1.54. The van der Waals surface area contributed by atoms with Gasteiger partial charge < -0.3 is 0 Å². The lowest BCUT2D eigenvalue weighted by atomic mass is 10.0. The van der Waals surface area contributed by atoms with E-state index in [0.717, 1.165) is 26.9 Å². The number of carbonyl (C=O) groups is 1. The Morgan fingerprint density at radius 2 is 1.78 bits per heavy atom. The van der Waals surface area contributed by atoms with Crippen LogP contribution in [-0.4, -0.2) is 36.2 Å². The third-order valence-corrected chi connectivity index (χ3v) is 9.82. The number of carbonyl (C=O) groups excluding carboxylic acids is 1. The van der Waals surface area contributed by atoms with Gasteiger partial charge in [-0.1, -0.05) is 85.3 Å². The molecular formula is C29H31N3O3S2. The van der Waals surface area contributed by atoms with Gasteiger partial charge in [-0.05, 0) is 55.0 Å². The molecular weight excluding hydrogens is 502 g/mol. The van der Waals surface area contributed by atoms with E-state index in [2.05, 4.69) is 19.9 Å².